The van der Waals surface area contributed by atoms with Crippen LogP contribution in [0.1, 0.15) is 48.0 Å². The number of hydrogen-bond acceptors (Lipinski definition) is 2. The van der Waals surface area contributed by atoms with Crippen molar-refractivity contribution in [1.29, 1.82) is 0 Å². The third-order valence-electron chi connectivity index (χ3n) is 4.37. The van der Waals surface area contributed by atoms with Crippen molar-refractivity contribution < 1.29 is 27.9 Å². The predicted octanol–water partition coefficient (Wildman–Crippen LogP) is 3.55. The van der Waals surface area contributed by atoms with Crippen LogP contribution in [0.5, 0.6) is 0 Å². The zero-order chi connectivity index (χ0) is 17.7. The van der Waals surface area contributed by atoms with Gasteiger partial charge in [0.25, 0.3) is 0 Å². The predicted molar refractivity (Wildman–Crippen MR) is 81.7 cm³/mol. The minimum atomic E-state index is -4.29. The summed E-state index contributed by atoms with van der Waals surface area (Å²) < 4.78 is 39.0. The Balaban J connectivity index is 1.87. The lowest BCUT2D eigenvalue weighted by Gasteiger charge is -2.33. The molecule has 0 aromatic heterocycles. The van der Waals surface area contributed by atoms with Gasteiger partial charge in [0.2, 0.25) is 5.91 Å². The van der Waals surface area contributed by atoms with Crippen LogP contribution in [0.2, 0.25) is 0 Å². The molecule has 1 aliphatic carbocycles. The van der Waals surface area contributed by atoms with Crippen molar-refractivity contribution in [2.45, 2.75) is 50.7 Å². The normalized spacial score (nSPS) is 21.3. The standard InChI is InChI=1S/C17H20F3NO3/c18-17(19,20)13-3-1-2-4-14(13)21-15(22)10-7-11-5-8-12(9-6-11)16(23)24/h5-6,8-9,13-14H,1-4,7,10H2,(H,21,22)(H,23,24)/t13-,14-/m1/s1. The molecule has 1 aromatic rings. The molecule has 0 aliphatic heterocycles. The minimum absolute atomic E-state index is 0.0606. The fourth-order valence-electron chi connectivity index (χ4n) is 3.05. The van der Waals surface area contributed by atoms with Gasteiger partial charge in [-0.15, -0.1) is 0 Å². The number of rotatable bonds is 5. The molecule has 7 heteroatoms. The molecule has 2 atom stereocenters. The fourth-order valence-corrected chi connectivity index (χ4v) is 3.05. The van der Waals surface area contributed by atoms with Crippen LogP contribution in [0.4, 0.5) is 13.2 Å². The number of aromatic carboxylic acids is 1. The van der Waals surface area contributed by atoms with E-state index in [1.54, 1.807) is 12.1 Å². The first-order valence-electron chi connectivity index (χ1n) is 7.95. The maximum atomic E-state index is 13.0. The Hall–Kier alpha value is -2.05. The summed E-state index contributed by atoms with van der Waals surface area (Å²) in [5.41, 5.74) is 0.921. The number of benzene rings is 1. The average Bonchev–Trinajstić information content (AvgIpc) is 2.53. The summed E-state index contributed by atoms with van der Waals surface area (Å²) in [7, 11) is 0. The first-order valence-corrected chi connectivity index (χ1v) is 7.95. The number of carbonyl (C=O) groups is 2. The summed E-state index contributed by atoms with van der Waals surface area (Å²) in [5, 5.41) is 11.3. The maximum Gasteiger partial charge on any atom is 0.393 e. The van der Waals surface area contributed by atoms with Crippen LogP contribution in [-0.4, -0.2) is 29.2 Å². The Morgan fingerprint density at radius 1 is 1.12 bits per heavy atom. The summed E-state index contributed by atoms with van der Waals surface area (Å²) in [4.78, 5) is 22.7. The summed E-state index contributed by atoms with van der Waals surface area (Å²) in [6, 6.07) is 5.25. The van der Waals surface area contributed by atoms with E-state index in [1.165, 1.54) is 12.1 Å². The minimum Gasteiger partial charge on any atom is -0.478 e. The molecular formula is C17H20F3NO3. The highest BCUT2D eigenvalue weighted by molar-refractivity contribution is 5.87. The monoisotopic (exact) mass is 343 g/mol. The lowest BCUT2D eigenvalue weighted by Crippen LogP contribution is -2.47. The molecule has 0 heterocycles. The van der Waals surface area contributed by atoms with E-state index in [0.29, 0.717) is 25.7 Å². The van der Waals surface area contributed by atoms with Gasteiger partial charge in [-0.3, -0.25) is 4.79 Å². The van der Waals surface area contributed by atoms with E-state index >= 15 is 0 Å². The molecule has 0 saturated heterocycles. The summed E-state index contributed by atoms with van der Waals surface area (Å²) in [6.07, 6.45) is -2.22. The number of alkyl halides is 3. The van der Waals surface area contributed by atoms with Crippen molar-refractivity contribution in [3.05, 3.63) is 35.4 Å². The average molecular weight is 343 g/mol. The Labute approximate surface area is 138 Å². The number of carbonyl (C=O) groups excluding carboxylic acids is 1. The molecule has 132 valence electrons. The van der Waals surface area contributed by atoms with Gasteiger partial charge < -0.3 is 10.4 Å². The van der Waals surface area contributed by atoms with Crippen molar-refractivity contribution >= 4 is 11.9 Å². The fraction of sp³-hybridized carbons (Fsp3) is 0.529. The van der Waals surface area contributed by atoms with Crippen molar-refractivity contribution in [2.75, 3.05) is 0 Å². The highest BCUT2D eigenvalue weighted by Crippen LogP contribution is 2.37. The van der Waals surface area contributed by atoms with Gasteiger partial charge in [-0.2, -0.15) is 13.2 Å². The van der Waals surface area contributed by atoms with Crippen molar-refractivity contribution in [1.82, 2.24) is 5.32 Å². The molecule has 2 N–H and O–H groups in total. The maximum absolute atomic E-state index is 13.0. The van der Waals surface area contributed by atoms with E-state index in [0.717, 1.165) is 5.56 Å². The Morgan fingerprint density at radius 3 is 2.33 bits per heavy atom. The quantitative estimate of drug-likeness (QED) is 0.859. The topological polar surface area (TPSA) is 66.4 Å². The van der Waals surface area contributed by atoms with Crippen LogP contribution >= 0.6 is 0 Å². The number of amides is 1. The molecule has 0 spiro atoms. The van der Waals surface area contributed by atoms with Gasteiger partial charge in [0, 0.05) is 12.5 Å². The van der Waals surface area contributed by atoms with E-state index in [-0.39, 0.29) is 18.4 Å². The third-order valence-corrected chi connectivity index (χ3v) is 4.37. The van der Waals surface area contributed by atoms with Gasteiger partial charge in [-0.05, 0) is 37.0 Å². The van der Waals surface area contributed by atoms with Crippen LogP contribution in [0.15, 0.2) is 24.3 Å². The van der Waals surface area contributed by atoms with Crippen LogP contribution in [0.25, 0.3) is 0 Å². The first kappa shape index (κ1) is 18.3. The lowest BCUT2D eigenvalue weighted by atomic mass is 9.84. The second-order valence-electron chi connectivity index (χ2n) is 6.11. The van der Waals surface area contributed by atoms with Gasteiger partial charge in [0.05, 0.1) is 11.5 Å². The van der Waals surface area contributed by atoms with Crippen molar-refractivity contribution in [3.63, 3.8) is 0 Å². The van der Waals surface area contributed by atoms with E-state index in [2.05, 4.69) is 5.32 Å². The van der Waals surface area contributed by atoms with E-state index < -0.39 is 30.0 Å². The number of carboxylic acid groups (broad SMARTS) is 1. The van der Waals surface area contributed by atoms with Gasteiger partial charge in [0.1, 0.15) is 0 Å². The van der Waals surface area contributed by atoms with Crippen LogP contribution < -0.4 is 5.32 Å². The van der Waals surface area contributed by atoms with E-state index in [4.69, 9.17) is 5.11 Å². The van der Waals surface area contributed by atoms with E-state index in [9.17, 15) is 22.8 Å². The SMILES string of the molecule is O=C(CCc1ccc(C(=O)O)cc1)N[C@@H]1CCCC[C@H]1C(F)(F)F. The number of aryl methyl sites for hydroxylation is 1. The van der Waals surface area contributed by atoms with Crippen molar-refractivity contribution in [3.8, 4) is 0 Å². The van der Waals surface area contributed by atoms with Crippen LogP contribution in [0.3, 0.4) is 0 Å². The van der Waals surface area contributed by atoms with Crippen LogP contribution in [-0.2, 0) is 11.2 Å². The summed E-state index contributed by atoms with van der Waals surface area (Å²) >= 11 is 0. The molecule has 0 unspecified atom stereocenters. The van der Waals surface area contributed by atoms with E-state index in [1.807, 2.05) is 0 Å². The molecule has 24 heavy (non-hydrogen) atoms. The molecule has 1 amide bonds. The summed E-state index contributed by atoms with van der Waals surface area (Å²) in [6.45, 7) is 0. The number of carboxylic acids is 1. The number of halogens is 3. The van der Waals surface area contributed by atoms with Gasteiger partial charge >= 0.3 is 12.1 Å². The molecule has 4 nitrogen and oxygen atoms in total. The molecule has 0 bridgehead atoms. The molecule has 0 radical (unpaired) electrons. The molecule has 2 rings (SSSR count). The van der Waals surface area contributed by atoms with Gasteiger partial charge in [-0.1, -0.05) is 25.0 Å². The molecule has 1 fully saturated rings. The highest BCUT2D eigenvalue weighted by Gasteiger charge is 2.45. The second kappa shape index (κ2) is 7.68. The Morgan fingerprint density at radius 2 is 1.75 bits per heavy atom. The largest absolute Gasteiger partial charge is 0.478 e. The number of hydrogen-bond donors (Lipinski definition) is 2. The van der Waals surface area contributed by atoms with Gasteiger partial charge in [-0.25, -0.2) is 4.79 Å². The first-order chi connectivity index (χ1) is 11.3. The molecule has 1 aliphatic rings. The highest BCUT2D eigenvalue weighted by atomic mass is 19.4. The zero-order valence-corrected chi connectivity index (χ0v) is 13.1. The molecule has 1 saturated carbocycles. The van der Waals surface area contributed by atoms with Crippen molar-refractivity contribution in [2.24, 2.45) is 5.92 Å². The van der Waals surface area contributed by atoms with Gasteiger partial charge in [0.15, 0.2) is 0 Å². The third kappa shape index (κ3) is 4.97. The Bertz CT molecular complexity index is 584. The summed E-state index contributed by atoms with van der Waals surface area (Å²) in [5.74, 6) is -2.90. The lowest BCUT2D eigenvalue weighted by molar-refractivity contribution is -0.189. The second-order valence-corrected chi connectivity index (χ2v) is 6.11. The smallest absolute Gasteiger partial charge is 0.393 e. The zero-order valence-electron chi connectivity index (χ0n) is 13.1. The number of nitrogens with one attached hydrogen (secondary N) is 1. The Kier molecular flexibility index (Phi) is 5.85. The molecular weight excluding hydrogens is 323 g/mol. The van der Waals surface area contributed by atoms with Crippen LogP contribution in [0, 0.1) is 5.92 Å². The molecule has 1 aromatic carbocycles.